The van der Waals surface area contributed by atoms with E-state index < -0.39 is 17.1 Å². The van der Waals surface area contributed by atoms with E-state index in [1.165, 1.54) is 12.3 Å². The molecular weight excluding hydrogens is 504 g/mol. The van der Waals surface area contributed by atoms with Crippen LogP contribution in [-0.2, 0) is 4.74 Å². The van der Waals surface area contributed by atoms with Crippen LogP contribution in [0.2, 0.25) is 0 Å². The summed E-state index contributed by atoms with van der Waals surface area (Å²) in [6.45, 7) is 3.53. The molecule has 2 saturated heterocycles. The third kappa shape index (κ3) is 5.84. The fraction of sp³-hybridized carbons (Fsp3) is 0.296. The SMILES string of the molecule is COc1ccc(C(=O)NC[C@H]2CN(c3ccc(N4CCN(c5ccc([N+](=O)[O-])cn5)CC4)cc3)C(=O)O2)cc1. The Morgan fingerprint density at radius 1 is 1.03 bits per heavy atom. The molecule has 3 heterocycles. The molecule has 0 bridgehead atoms. The van der Waals surface area contributed by atoms with Gasteiger partial charge in [-0.25, -0.2) is 9.78 Å². The monoisotopic (exact) mass is 532 g/mol. The first-order valence-electron chi connectivity index (χ1n) is 12.5. The number of hydrogen-bond donors (Lipinski definition) is 1. The molecule has 39 heavy (non-hydrogen) atoms. The fourth-order valence-corrected chi connectivity index (χ4v) is 4.60. The molecule has 1 N–H and O–H groups in total. The second-order valence-electron chi connectivity index (χ2n) is 9.18. The summed E-state index contributed by atoms with van der Waals surface area (Å²) in [4.78, 5) is 45.4. The number of aromatic nitrogens is 1. The summed E-state index contributed by atoms with van der Waals surface area (Å²) in [6.07, 6.45) is 0.375. The second kappa shape index (κ2) is 11.3. The summed E-state index contributed by atoms with van der Waals surface area (Å²) in [5.74, 6) is 1.14. The van der Waals surface area contributed by atoms with Crippen LogP contribution in [-0.4, -0.2) is 74.4 Å². The van der Waals surface area contributed by atoms with E-state index in [1.807, 2.05) is 24.3 Å². The van der Waals surface area contributed by atoms with Gasteiger partial charge in [0.15, 0.2) is 0 Å². The van der Waals surface area contributed by atoms with Crippen LogP contribution in [0.4, 0.5) is 27.7 Å². The Morgan fingerprint density at radius 3 is 2.31 bits per heavy atom. The molecule has 5 rings (SSSR count). The summed E-state index contributed by atoms with van der Waals surface area (Å²) >= 11 is 0. The molecule has 0 radical (unpaired) electrons. The standard InChI is InChI=1S/C27H28N6O6/c1-38-23-9-2-19(3-10-23)26(34)29-17-24-18-32(27(35)39-24)21-6-4-20(5-7-21)30-12-14-31(15-13-30)25-11-8-22(16-28-25)33(36)37/h2-11,16,24H,12-15,17-18H2,1H3,(H,29,34)/t24-/m0/s1. The average molecular weight is 533 g/mol. The number of anilines is 3. The zero-order chi connectivity index (χ0) is 27.4. The zero-order valence-corrected chi connectivity index (χ0v) is 21.4. The number of cyclic esters (lactones) is 1. The highest BCUT2D eigenvalue weighted by Crippen LogP contribution is 2.26. The minimum absolute atomic E-state index is 0.0241. The number of ether oxygens (including phenoxy) is 2. The molecule has 0 spiro atoms. The highest BCUT2D eigenvalue weighted by Gasteiger charge is 2.32. The number of hydrogen-bond acceptors (Lipinski definition) is 9. The Balaban J connectivity index is 1.12. The maximum absolute atomic E-state index is 12.5. The molecule has 1 atom stereocenters. The Kier molecular flexibility index (Phi) is 7.43. The number of nitro groups is 1. The number of carbonyl (C=O) groups excluding carboxylic acids is 2. The first-order valence-corrected chi connectivity index (χ1v) is 12.5. The molecule has 3 aromatic rings. The smallest absolute Gasteiger partial charge is 0.414 e. The van der Waals surface area contributed by atoms with Gasteiger partial charge in [0.05, 0.1) is 25.1 Å². The van der Waals surface area contributed by atoms with Crippen molar-refractivity contribution in [1.82, 2.24) is 10.3 Å². The first kappa shape index (κ1) is 25.8. The average Bonchev–Trinajstić information content (AvgIpc) is 3.36. The van der Waals surface area contributed by atoms with Gasteiger partial charge in [-0.05, 0) is 54.6 Å². The molecule has 0 saturated carbocycles. The van der Waals surface area contributed by atoms with Gasteiger partial charge in [-0.15, -0.1) is 0 Å². The number of carbonyl (C=O) groups is 2. The molecule has 12 heteroatoms. The summed E-state index contributed by atoms with van der Waals surface area (Å²) in [5, 5.41) is 13.7. The van der Waals surface area contributed by atoms with Crippen molar-refractivity contribution < 1.29 is 24.0 Å². The van der Waals surface area contributed by atoms with E-state index in [0.29, 0.717) is 17.9 Å². The Morgan fingerprint density at radius 2 is 1.69 bits per heavy atom. The molecular formula is C27H28N6O6. The number of rotatable bonds is 8. The largest absolute Gasteiger partial charge is 0.497 e. The lowest BCUT2D eigenvalue weighted by molar-refractivity contribution is -0.385. The van der Waals surface area contributed by atoms with Gasteiger partial charge in [0.2, 0.25) is 0 Å². The number of amides is 2. The lowest BCUT2D eigenvalue weighted by Crippen LogP contribution is -2.46. The van der Waals surface area contributed by atoms with Crippen molar-refractivity contribution in [2.24, 2.45) is 0 Å². The van der Waals surface area contributed by atoms with Crippen molar-refractivity contribution in [3.8, 4) is 5.75 Å². The molecule has 2 fully saturated rings. The molecule has 0 unspecified atom stereocenters. The lowest BCUT2D eigenvalue weighted by Gasteiger charge is -2.36. The van der Waals surface area contributed by atoms with E-state index in [1.54, 1.807) is 42.3 Å². The van der Waals surface area contributed by atoms with E-state index in [0.717, 1.165) is 43.4 Å². The highest BCUT2D eigenvalue weighted by atomic mass is 16.6. The number of nitrogens with one attached hydrogen (secondary N) is 1. The number of benzene rings is 2. The van der Waals surface area contributed by atoms with Gasteiger partial charge >= 0.3 is 6.09 Å². The molecule has 2 aliphatic rings. The van der Waals surface area contributed by atoms with E-state index >= 15 is 0 Å². The van der Waals surface area contributed by atoms with Crippen molar-refractivity contribution in [3.63, 3.8) is 0 Å². The minimum atomic E-state index is -0.458. The minimum Gasteiger partial charge on any atom is -0.497 e. The zero-order valence-electron chi connectivity index (χ0n) is 21.4. The van der Waals surface area contributed by atoms with Crippen LogP contribution in [0, 0.1) is 10.1 Å². The van der Waals surface area contributed by atoms with Crippen LogP contribution in [0.5, 0.6) is 5.75 Å². The number of nitrogens with zero attached hydrogens (tertiary/aromatic N) is 5. The third-order valence-electron chi connectivity index (χ3n) is 6.79. The molecule has 2 aliphatic heterocycles. The van der Waals surface area contributed by atoms with Gasteiger partial charge < -0.3 is 24.6 Å². The van der Waals surface area contributed by atoms with Crippen LogP contribution in [0.25, 0.3) is 0 Å². The summed E-state index contributed by atoms with van der Waals surface area (Å²) in [5.41, 5.74) is 2.23. The third-order valence-corrected chi connectivity index (χ3v) is 6.79. The van der Waals surface area contributed by atoms with Crippen molar-refractivity contribution in [1.29, 1.82) is 0 Å². The van der Waals surface area contributed by atoms with Gasteiger partial charge in [0.1, 0.15) is 23.9 Å². The van der Waals surface area contributed by atoms with Crippen LogP contribution in [0.1, 0.15) is 10.4 Å². The summed E-state index contributed by atoms with van der Waals surface area (Å²) in [6, 6.07) is 17.6. The van der Waals surface area contributed by atoms with Gasteiger partial charge in [-0.1, -0.05) is 0 Å². The summed E-state index contributed by atoms with van der Waals surface area (Å²) < 4.78 is 10.6. The topological polar surface area (TPSA) is 130 Å². The maximum Gasteiger partial charge on any atom is 0.414 e. The Labute approximate surface area is 224 Å². The summed E-state index contributed by atoms with van der Waals surface area (Å²) in [7, 11) is 1.56. The van der Waals surface area contributed by atoms with Gasteiger partial charge in [-0.3, -0.25) is 19.8 Å². The van der Waals surface area contributed by atoms with E-state index in [4.69, 9.17) is 9.47 Å². The number of pyridine rings is 1. The molecule has 12 nitrogen and oxygen atoms in total. The van der Waals surface area contributed by atoms with Crippen LogP contribution < -0.4 is 24.8 Å². The van der Waals surface area contributed by atoms with E-state index in [-0.39, 0.29) is 18.1 Å². The van der Waals surface area contributed by atoms with Crippen LogP contribution in [0.3, 0.4) is 0 Å². The molecule has 2 amide bonds. The van der Waals surface area contributed by atoms with Crippen molar-refractivity contribution >= 4 is 34.9 Å². The highest BCUT2D eigenvalue weighted by molar-refractivity contribution is 5.94. The maximum atomic E-state index is 12.5. The molecule has 2 aromatic carbocycles. The van der Waals surface area contributed by atoms with Gasteiger partial charge in [-0.2, -0.15) is 0 Å². The predicted octanol–water partition coefficient (Wildman–Crippen LogP) is 3.08. The Hall–Kier alpha value is -4.87. The van der Waals surface area contributed by atoms with Crippen LogP contribution >= 0.6 is 0 Å². The van der Waals surface area contributed by atoms with Crippen LogP contribution in [0.15, 0.2) is 66.9 Å². The molecule has 202 valence electrons. The number of piperazine rings is 1. The fourth-order valence-electron chi connectivity index (χ4n) is 4.60. The van der Waals surface area contributed by atoms with E-state index in [2.05, 4.69) is 20.1 Å². The van der Waals surface area contributed by atoms with Gasteiger partial charge in [0, 0.05) is 49.2 Å². The predicted molar refractivity (Wildman–Crippen MR) is 145 cm³/mol. The number of methoxy groups -OCH3 is 1. The molecule has 0 aliphatic carbocycles. The Bertz CT molecular complexity index is 1320. The van der Waals surface area contributed by atoms with E-state index in [9.17, 15) is 19.7 Å². The normalized spacial score (nSPS) is 17.1. The first-order chi connectivity index (χ1) is 18.9. The second-order valence-corrected chi connectivity index (χ2v) is 9.18. The molecule has 1 aromatic heterocycles. The quantitative estimate of drug-likeness (QED) is 0.344. The van der Waals surface area contributed by atoms with Gasteiger partial charge in [0.25, 0.3) is 11.6 Å². The van der Waals surface area contributed by atoms with Crippen molar-refractivity contribution in [2.45, 2.75) is 6.10 Å². The van der Waals surface area contributed by atoms with Crippen molar-refractivity contribution in [2.75, 3.05) is 61.1 Å². The lowest BCUT2D eigenvalue weighted by atomic mass is 10.2. The van der Waals surface area contributed by atoms with Crippen molar-refractivity contribution in [3.05, 3.63) is 82.5 Å².